The number of ether oxygens (including phenoxy) is 3. The molecule has 266 valence electrons. The van der Waals surface area contributed by atoms with Gasteiger partial charge in [0.1, 0.15) is 34.0 Å². The monoisotopic (exact) mass is 697 g/mol. The Balaban J connectivity index is 1.23. The quantitative estimate of drug-likeness (QED) is 0.222. The lowest BCUT2D eigenvalue weighted by Crippen LogP contribution is -2.52. The number of aliphatic hydroxyl groups excluding tert-OH is 1. The van der Waals surface area contributed by atoms with Gasteiger partial charge in [-0.05, 0) is 55.8 Å². The van der Waals surface area contributed by atoms with Gasteiger partial charge in [0.15, 0.2) is 5.82 Å². The van der Waals surface area contributed by atoms with E-state index >= 15 is 8.78 Å². The van der Waals surface area contributed by atoms with Crippen molar-refractivity contribution >= 4 is 27.5 Å². The minimum Gasteiger partial charge on any atom is -0.508 e. The van der Waals surface area contributed by atoms with Crippen LogP contribution in [0.15, 0.2) is 30.3 Å². The summed E-state index contributed by atoms with van der Waals surface area (Å²) in [6.07, 6.45) is 3.46. The zero-order valence-electron chi connectivity index (χ0n) is 27.7. The van der Waals surface area contributed by atoms with Crippen molar-refractivity contribution in [3.63, 3.8) is 0 Å². The van der Waals surface area contributed by atoms with E-state index in [0.29, 0.717) is 18.5 Å². The number of hydrogen-bond donors (Lipinski definition) is 2. The predicted molar refractivity (Wildman–Crippen MR) is 177 cm³/mol. The number of alkyl halides is 2. The minimum atomic E-state index is -2.59. The molecule has 4 fully saturated rings. The number of nitrogens with zero attached hydrogens (tertiary/aromatic N) is 5. The molecule has 2 aliphatic carbocycles. The van der Waals surface area contributed by atoms with E-state index in [1.54, 1.807) is 11.0 Å². The Morgan fingerprint density at radius 1 is 1.06 bits per heavy atom. The molecular formula is C36H39F4N5O5. The Morgan fingerprint density at radius 2 is 1.88 bits per heavy atom. The van der Waals surface area contributed by atoms with Gasteiger partial charge in [-0.3, -0.25) is 4.90 Å². The number of aliphatic hydroxyl groups is 1. The summed E-state index contributed by atoms with van der Waals surface area (Å²) in [5.41, 5.74) is -0.774. The number of aromatic nitrogens is 3. The average Bonchev–Trinajstić information content (AvgIpc) is 3.56. The lowest BCUT2D eigenvalue weighted by atomic mass is 9.75. The van der Waals surface area contributed by atoms with E-state index in [0.717, 1.165) is 38.6 Å². The summed E-state index contributed by atoms with van der Waals surface area (Å²) in [6.45, 7) is 2.15. The van der Waals surface area contributed by atoms with Crippen LogP contribution in [0.2, 0.25) is 0 Å². The van der Waals surface area contributed by atoms with Gasteiger partial charge in [0, 0.05) is 54.4 Å². The molecule has 8 rings (SSSR count). The summed E-state index contributed by atoms with van der Waals surface area (Å²) in [7, 11) is 1.37. The number of methoxy groups -OCH3 is 1. The zero-order valence-corrected chi connectivity index (χ0v) is 27.7. The highest BCUT2D eigenvalue weighted by Gasteiger charge is 2.59. The molecule has 14 heteroatoms. The average molecular weight is 698 g/mol. The number of phenols is 1. The van der Waals surface area contributed by atoms with Crippen molar-refractivity contribution in [2.24, 2.45) is 11.3 Å². The van der Waals surface area contributed by atoms with Crippen LogP contribution in [0.4, 0.5) is 23.4 Å². The van der Waals surface area contributed by atoms with Gasteiger partial charge >= 0.3 is 6.01 Å². The van der Waals surface area contributed by atoms with Crippen LogP contribution in [0.25, 0.3) is 32.9 Å². The molecule has 0 radical (unpaired) electrons. The van der Waals surface area contributed by atoms with Crippen LogP contribution in [0, 0.1) is 23.0 Å². The second kappa shape index (κ2) is 12.6. The summed E-state index contributed by atoms with van der Waals surface area (Å²) in [4.78, 5) is 17.8. The van der Waals surface area contributed by atoms with E-state index in [1.807, 2.05) is 0 Å². The maximum atomic E-state index is 17.0. The Bertz CT molecular complexity index is 1950. The van der Waals surface area contributed by atoms with Crippen LogP contribution in [-0.4, -0.2) is 101 Å². The Hall–Kier alpha value is -4.01. The molecule has 50 heavy (non-hydrogen) atoms. The highest BCUT2D eigenvalue weighted by Crippen LogP contribution is 2.53. The fraction of sp³-hybridized carbons (Fsp3) is 0.528. The number of anilines is 1. The predicted octanol–water partition coefficient (Wildman–Crippen LogP) is 5.70. The van der Waals surface area contributed by atoms with E-state index in [1.165, 1.54) is 31.4 Å². The van der Waals surface area contributed by atoms with Gasteiger partial charge in [-0.1, -0.05) is 18.6 Å². The first-order valence-corrected chi connectivity index (χ1v) is 17.2. The fourth-order valence-electron chi connectivity index (χ4n) is 8.45. The smallest absolute Gasteiger partial charge is 0.319 e. The first-order chi connectivity index (χ1) is 24.1. The summed E-state index contributed by atoms with van der Waals surface area (Å²) < 4.78 is 77.7. The van der Waals surface area contributed by atoms with Gasteiger partial charge in [0.2, 0.25) is 5.88 Å². The lowest BCUT2D eigenvalue weighted by molar-refractivity contribution is -0.0102. The zero-order chi connectivity index (χ0) is 34.8. The van der Waals surface area contributed by atoms with Crippen molar-refractivity contribution in [1.29, 1.82) is 0 Å². The van der Waals surface area contributed by atoms with Crippen molar-refractivity contribution in [2.75, 3.05) is 58.0 Å². The molecule has 4 aliphatic rings. The number of rotatable bonds is 8. The second-order valence-corrected chi connectivity index (χ2v) is 14.2. The number of halogens is 4. The highest BCUT2D eigenvalue weighted by atomic mass is 19.3. The molecule has 2 aliphatic heterocycles. The van der Waals surface area contributed by atoms with Crippen LogP contribution in [0.3, 0.4) is 0 Å². The number of hydrogen-bond acceptors (Lipinski definition) is 10. The van der Waals surface area contributed by atoms with Crippen molar-refractivity contribution in [1.82, 2.24) is 19.9 Å². The molecule has 2 N–H and O–H groups in total. The van der Waals surface area contributed by atoms with Gasteiger partial charge in [0.05, 0.1) is 33.0 Å². The number of piperidine rings is 1. The third-order valence-electron chi connectivity index (χ3n) is 10.9. The maximum absolute atomic E-state index is 17.0. The first-order valence-electron chi connectivity index (χ1n) is 17.2. The third kappa shape index (κ3) is 5.84. The summed E-state index contributed by atoms with van der Waals surface area (Å²) >= 11 is 0. The van der Waals surface area contributed by atoms with E-state index < -0.39 is 29.6 Å². The summed E-state index contributed by atoms with van der Waals surface area (Å²) in [6, 6.07) is 6.95. The molecule has 4 aromatic rings. The largest absolute Gasteiger partial charge is 0.508 e. The molecule has 4 heterocycles. The number of fused-ring (bicyclic) bond motifs is 3. The molecule has 2 aromatic carbocycles. The second-order valence-electron chi connectivity index (χ2n) is 14.2. The molecule has 2 aromatic heterocycles. The van der Waals surface area contributed by atoms with Gasteiger partial charge in [-0.2, -0.15) is 9.97 Å². The summed E-state index contributed by atoms with van der Waals surface area (Å²) in [5.74, 6) is -4.76. The first kappa shape index (κ1) is 33.2. The van der Waals surface area contributed by atoms with E-state index in [-0.39, 0.29) is 95.2 Å². The number of likely N-dealkylation sites (tertiary alicyclic amines) is 1. The SMILES string of the molecule is COc1nc(-c2cc(O)cc3cccc(F)c23)c(F)c2nc(OCC34CCCC3N(CC3CC3(F)F)CCC4)nc(N3CCOCC(O)C3)c12. The van der Waals surface area contributed by atoms with Gasteiger partial charge in [-0.15, -0.1) is 0 Å². The maximum Gasteiger partial charge on any atom is 0.319 e. The van der Waals surface area contributed by atoms with E-state index in [4.69, 9.17) is 19.2 Å². The van der Waals surface area contributed by atoms with Crippen molar-refractivity contribution < 1.29 is 42.0 Å². The van der Waals surface area contributed by atoms with E-state index in [2.05, 4.69) is 14.9 Å². The van der Waals surface area contributed by atoms with Crippen LogP contribution >= 0.6 is 0 Å². The molecular weight excluding hydrogens is 658 g/mol. The minimum absolute atomic E-state index is 0.00764. The lowest BCUT2D eigenvalue weighted by Gasteiger charge is -2.46. The summed E-state index contributed by atoms with van der Waals surface area (Å²) in [5, 5.41) is 21.7. The van der Waals surface area contributed by atoms with Crippen LogP contribution in [-0.2, 0) is 4.74 Å². The molecule has 10 nitrogen and oxygen atoms in total. The Labute approximate surface area is 286 Å². The standard InChI is InChI=1S/C36H39F4N5O5/c1-48-33-28-31(29(38)30(41-33)24-14-22(46)13-20-5-2-6-25(37)27(20)24)42-34(43-32(28)45-11-12-49-18-23(47)17-45)50-19-35-8-3-7-26(35)44(10-4-9-35)16-21-15-36(21,39)40/h2,5-6,13-14,21,23,26,46-47H,3-4,7-12,15-19H2,1H3. The molecule has 0 spiro atoms. The van der Waals surface area contributed by atoms with Gasteiger partial charge in [-0.25, -0.2) is 22.5 Å². The highest BCUT2D eigenvalue weighted by molar-refractivity contribution is 6.02. The van der Waals surface area contributed by atoms with Gasteiger partial charge < -0.3 is 29.3 Å². The Kier molecular flexibility index (Phi) is 8.38. The number of aromatic hydroxyl groups is 1. The number of pyridine rings is 1. The number of phenolic OH excluding ortho intramolecular Hbond substituents is 1. The van der Waals surface area contributed by atoms with Crippen LogP contribution < -0.4 is 14.4 Å². The topological polar surface area (TPSA) is 113 Å². The molecule has 4 atom stereocenters. The van der Waals surface area contributed by atoms with Crippen LogP contribution in [0.1, 0.15) is 38.5 Å². The fourth-order valence-corrected chi connectivity index (χ4v) is 8.45. The normalized spacial score (nSPS) is 26.6. The Morgan fingerprint density at radius 3 is 2.68 bits per heavy atom. The molecule has 0 amide bonds. The van der Waals surface area contributed by atoms with Crippen LogP contribution in [0.5, 0.6) is 17.6 Å². The van der Waals surface area contributed by atoms with Crippen molar-refractivity contribution in [3.8, 4) is 28.9 Å². The van der Waals surface area contributed by atoms with E-state index in [9.17, 15) is 19.0 Å². The molecule has 2 saturated heterocycles. The third-order valence-corrected chi connectivity index (χ3v) is 10.9. The molecule has 4 unspecified atom stereocenters. The van der Waals surface area contributed by atoms with Gasteiger partial charge in [0.25, 0.3) is 5.92 Å². The molecule has 0 bridgehead atoms. The van der Waals surface area contributed by atoms with Crippen molar-refractivity contribution in [3.05, 3.63) is 42.0 Å². The molecule has 2 saturated carbocycles. The number of benzene rings is 2. The van der Waals surface area contributed by atoms with Crippen molar-refractivity contribution in [2.45, 2.75) is 56.6 Å². The number of β-amino-alcohol motifs (C(OH)–C–C–N with tert-alkyl or cyclic N) is 1.